The molecule has 0 spiro atoms. The molecule has 0 aromatic carbocycles. The van der Waals surface area contributed by atoms with Gasteiger partial charge in [-0.2, -0.15) is 0 Å². The van der Waals surface area contributed by atoms with Crippen LogP contribution < -0.4 is 10.6 Å². The molecule has 1 fully saturated rings. The molecular formula is C12H18N2O4S. The van der Waals surface area contributed by atoms with Crippen LogP contribution in [0.3, 0.4) is 0 Å². The third-order valence-corrected chi connectivity index (χ3v) is 4.83. The van der Waals surface area contributed by atoms with Gasteiger partial charge in [0.25, 0.3) is 0 Å². The first kappa shape index (κ1) is 14.1. The topological polar surface area (TPSA) is 88.4 Å². The smallest absolute Gasteiger partial charge is 0.221 e. The van der Waals surface area contributed by atoms with Gasteiger partial charge < -0.3 is 15.1 Å². The SMILES string of the molecule is O=C(CCNC1CCS(=O)(=O)C1)NCc1ccco1. The fraction of sp³-hybridized carbons (Fsp3) is 0.583. The van der Waals surface area contributed by atoms with Crippen LogP contribution in [0.15, 0.2) is 22.8 Å². The van der Waals surface area contributed by atoms with E-state index in [2.05, 4.69) is 10.6 Å². The third-order valence-electron chi connectivity index (χ3n) is 3.06. The minimum Gasteiger partial charge on any atom is -0.467 e. The largest absolute Gasteiger partial charge is 0.467 e. The molecule has 2 heterocycles. The van der Waals surface area contributed by atoms with E-state index in [0.29, 0.717) is 31.7 Å². The molecule has 1 unspecified atom stereocenters. The summed E-state index contributed by atoms with van der Waals surface area (Å²) < 4.78 is 27.6. The molecule has 106 valence electrons. The average molecular weight is 286 g/mol. The van der Waals surface area contributed by atoms with E-state index < -0.39 is 9.84 Å². The summed E-state index contributed by atoms with van der Waals surface area (Å²) in [6.45, 7) is 0.869. The van der Waals surface area contributed by atoms with E-state index in [1.54, 1.807) is 18.4 Å². The summed E-state index contributed by atoms with van der Waals surface area (Å²) >= 11 is 0. The third kappa shape index (κ3) is 4.68. The second kappa shape index (κ2) is 6.21. The van der Waals surface area contributed by atoms with E-state index in [4.69, 9.17) is 4.42 Å². The minimum atomic E-state index is -2.86. The van der Waals surface area contributed by atoms with E-state index >= 15 is 0 Å². The van der Waals surface area contributed by atoms with Crippen molar-refractivity contribution in [2.24, 2.45) is 0 Å². The van der Waals surface area contributed by atoms with E-state index in [-0.39, 0.29) is 23.5 Å². The van der Waals surface area contributed by atoms with E-state index in [9.17, 15) is 13.2 Å². The average Bonchev–Trinajstić information content (AvgIpc) is 2.96. The van der Waals surface area contributed by atoms with Crippen molar-refractivity contribution in [3.05, 3.63) is 24.2 Å². The zero-order chi connectivity index (χ0) is 13.7. The minimum absolute atomic E-state index is 0.0112. The van der Waals surface area contributed by atoms with E-state index in [1.165, 1.54) is 0 Å². The molecule has 0 radical (unpaired) electrons. The van der Waals surface area contributed by atoms with Crippen LogP contribution in [0.25, 0.3) is 0 Å². The summed E-state index contributed by atoms with van der Waals surface area (Å²) in [4.78, 5) is 11.5. The first-order valence-corrected chi connectivity index (χ1v) is 8.10. The Morgan fingerprint density at radius 2 is 2.32 bits per heavy atom. The molecule has 1 aliphatic heterocycles. The molecule has 1 aromatic heterocycles. The van der Waals surface area contributed by atoms with Crippen LogP contribution >= 0.6 is 0 Å². The van der Waals surface area contributed by atoms with E-state index in [1.807, 2.05) is 0 Å². The van der Waals surface area contributed by atoms with Crippen molar-refractivity contribution in [3.63, 3.8) is 0 Å². The Morgan fingerprint density at radius 3 is 2.95 bits per heavy atom. The molecule has 7 heteroatoms. The first-order valence-electron chi connectivity index (χ1n) is 6.28. The molecule has 1 saturated heterocycles. The fourth-order valence-electron chi connectivity index (χ4n) is 2.03. The monoisotopic (exact) mass is 286 g/mol. The van der Waals surface area contributed by atoms with Crippen LogP contribution in [0.5, 0.6) is 0 Å². The maximum atomic E-state index is 11.5. The zero-order valence-electron chi connectivity index (χ0n) is 10.6. The lowest BCUT2D eigenvalue weighted by Crippen LogP contribution is -2.34. The summed E-state index contributed by atoms with van der Waals surface area (Å²) in [5.41, 5.74) is 0. The molecule has 2 N–H and O–H groups in total. The molecule has 1 aliphatic rings. The van der Waals surface area contributed by atoms with E-state index in [0.717, 1.165) is 0 Å². The van der Waals surface area contributed by atoms with Gasteiger partial charge in [-0.3, -0.25) is 4.79 Å². The quantitative estimate of drug-likeness (QED) is 0.772. The van der Waals surface area contributed by atoms with Gasteiger partial charge in [0.1, 0.15) is 5.76 Å². The number of carbonyl (C=O) groups excluding carboxylic acids is 1. The maximum absolute atomic E-state index is 11.5. The predicted molar refractivity (Wildman–Crippen MR) is 70.2 cm³/mol. The molecule has 2 rings (SSSR count). The first-order chi connectivity index (χ1) is 9.05. The van der Waals surface area contributed by atoms with Gasteiger partial charge in [-0.25, -0.2) is 8.42 Å². The normalized spacial score (nSPS) is 21.4. The van der Waals surface area contributed by atoms with Gasteiger partial charge in [0.05, 0.1) is 24.3 Å². The lowest BCUT2D eigenvalue weighted by atomic mass is 10.2. The van der Waals surface area contributed by atoms with Gasteiger partial charge in [0, 0.05) is 19.0 Å². The van der Waals surface area contributed by atoms with Gasteiger partial charge in [-0.05, 0) is 18.6 Å². The number of amides is 1. The highest BCUT2D eigenvalue weighted by molar-refractivity contribution is 7.91. The highest BCUT2D eigenvalue weighted by Gasteiger charge is 2.27. The van der Waals surface area contributed by atoms with Gasteiger partial charge >= 0.3 is 0 Å². The summed E-state index contributed by atoms with van der Waals surface area (Å²) in [5.74, 6) is 1.06. The zero-order valence-corrected chi connectivity index (χ0v) is 11.4. The Bertz CT molecular complexity index is 510. The van der Waals surface area contributed by atoms with Crippen molar-refractivity contribution in [1.82, 2.24) is 10.6 Å². The summed E-state index contributed by atoms with van der Waals surface area (Å²) in [6, 6.07) is 3.55. The van der Waals surface area contributed by atoms with Crippen LogP contribution in [-0.4, -0.2) is 38.4 Å². The lowest BCUT2D eigenvalue weighted by molar-refractivity contribution is -0.121. The molecule has 19 heavy (non-hydrogen) atoms. The van der Waals surface area contributed by atoms with Crippen LogP contribution in [0, 0.1) is 0 Å². The highest BCUT2D eigenvalue weighted by Crippen LogP contribution is 2.10. The molecule has 0 saturated carbocycles. The number of nitrogens with one attached hydrogen (secondary N) is 2. The molecule has 1 amide bonds. The Morgan fingerprint density at radius 1 is 1.47 bits per heavy atom. The summed E-state index contributed by atoms with van der Waals surface area (Å²) in [7, 11) is -2.86. The number of hydrogen-bond acceptors (Lipinski definition) is 5. The van der Waals surface area contributed by atoms with Crippen molar-refractivity contribution in [1.29, 1.82) is 0 Å². The summed E-state index contributed by atoms with van der Waals surface area (Å²) in [5, 5.41) is 5.83. The maximum Gasteiger partial charge on any atom is 0.221 e. The molecule has 0 aliphatic carbocycles. The summed E-state index contributed by atoms with van der Waals surface area (Å²) in [6.07, 6.45) is 2.52. The van der Waals surface area contributed by atoms with Crippen LogP contribution in [-0.2, 0) is 21.2 Å². The van der Waals surface area contributed by atoms with Gasteiger partial charge in [0.15, 0.2) is 9.84 Å². The number of carbonyl (C=O) groups is 1. The Kier molecular flexibility index (Phi) is 4.60. The molecule has 6 nitrogen and oxygen atoms in total. The Labute approximate surface area is 112 Å². The van der Waals surface area contributed by atoms with Crippen molar-refractivity contribution in [2.75, 3.05) is 18.1 Å². The Balaban J connectivity index is 1.59. The van der Waals surface area contributed by atoms with Gasteiger partial charge in [0.2, 0.25) is 5.91 Å². The number of hydrogen-bond donors (Lipinski definition) is 2. The number of rotatable bonds is 6. The van der Waals surface area contributed by atoms with Crippen LogP contribution in [0.2, 0.25) is 0 Å². The van der Waals surface area contributed by atoms with Crippen molar-refractivity contribution in [2.45, 2.75) is 25.4 Å². The standard InChI is InChI=1S/C12H18N2O4S/c15-12(14-8-11-2-1-6-18-11)3-5-13-10-4-7-19(16,17)9-10/h1-2,6,10,13H,3-5,7-9H2,(H,14,15). The highest BCUT2D eigenvalue weighted by atomic mass is 32.2. The molecular weight excluding hydrogens is 268 g/mol. The lowest BCUT2D eigenvalue weighted by Gasteiger charge is -2.10. The molecule has 0 bridgehead atoms. The Hall–Kier alpha value is -1.34. The van der Waals surface area contributed by atoms with Crippen molar-refractivity contribution >= 4 is 15.7 Å². The number of furan rings is 1. The van der Waals surface area contributed by atoms with Crippen molar-refractivity contribution < 1.29 is 17.6 Å². The van der Waals surface area contributed by atoms with Crippen LogP contribution in [0.1, 0.15) is 18.6 Å². The van der Waals surface area contributed by atoms with Gasteiger partial charge in [-0.1, -0.05) is 0 Å². The predicted octanol–water partition coefficient (Wildman–Crippen LogP) is 0.0626. The van der Waals surface area contributed by atoms with Crippen LogP contribution in [0.4, 0.5) is 0 Å². The second-order valence-corrected chi connectivity index (χ2v) is 6.89. The fourth-order valence-corrected chi connectivity index (χ4v) is 3.74. The van der Waals surface area contributed by atoms with Crippen molar-refractivity contribution in [3.8, 4) is 0 Å². The number of sulfone groups is 1. The second-order valence-electron chi connectivity index (χ2n) is 4.66. The molecule has 1 atom stereocenters. The van der Waals surface area contributed by atoms with Gasteiger partial charge in [-0.15, -0.1) is 0 Å². The molecule has 1 aromatic rings.